The summed E-state index contributed by atoms with van der Waals surface area (Å²) in [6, 6.07) is 0. The van der Waals surface area contributed by atoms with Crippen molar-refractivity contribution in [3.05, 3.63) is 0 Å². The molecule has 3 saturated heterocycles. The van der Waals surface area contributed by atoms with E-state index in [0.29, 0.717) is 42.5 Å². The monoisotopic (exact) mass is 464 g/mol. The maximum atomic E-state index is 12.7. The van der Waals surface area contributed by atoms with Crippen molar-refractivity contribution in [3.63, 3.8) is 0 Å². The van der Waals surface area contributed by atoms with Crippen molar-refractivity contribution in [1.29, 1.82) is 0 Å². The molecule has 0 aromatic rings. The molecule has 30 heavy (non-hydrogen) atoms. The normalized spacial score (nSPS) is 28.8. The van der Waals surface area contributed by atoms with E-state index in [9.17, 15) is 9.59 Å². The van der Waals surface area contributed by atoms with Crippen molar-refractivity contribution in [1.82, 2.24) is 20.0 Å². The van der Waals surface area contributed by atoms with Crippen LogP contribution in [0.3, 0.4) is 0 Å². The molecule has 0 radical (unpaired) electrons. The predicted octanol–water partition coefficient (Wildman–Crippen LogP) is 2.50. The van der Waals surface area contributed by atoms with Gasteiger partial charge in [-0.05, 0) is 56.0 Å². The minimum atomic E-state index is 0. The maximum Gasteiger partial charge on any atom is 0.236 e. The highest BCUT2D eigenvalue weighted by molar-refractivity contribution is 5.85. The Morgan fingerprint density at radius 2 is 1.60 bits per heavy atom. The van der Waals surface area contributed by atoms with Gasteiger partial charge >= 0.3 is 0 Å². The third-order valence-electron chi connectivity index (χ3n) is 6.94. The van der Waals surface area contributed by atoms with Crippen LogP contribution in [0.4, 0.5) is 0 Å². The van der Waals surface area contributed by atoms with Gasteiger partial charge in [0.1, 0.15) is 0 Å². The second-order valence-corrected chi connectivity index (χ2v) is 9.69. The third kappa shape index (κ3) is 7.85. The summed E-state index contributed by atoms with van der Waals surface area (Å²) >= 11 is 0. The van der Waals surface area contributed by atoms with Crippen molar-refractivity contribution in [3.8, 4) is 0 Å². The molecule has 176 valence electrons. The molecule has 0 aliphatic carbocycles. The first-order chi connectivity index (χ1) is 13.4. The fraction of sp³-hybridized carbons (Fsp3) is 0.909. The molecule has 4 atom stereocenters. The number of carbonyl (C=O) groups is 2. The number of amides is 2. The Balaban J connectivity index is 0.00000225. The highest BCUT2D eigenvalue weighted by Crippen LogP contribution is 2.24. The Kier molecular flexibility index (Phi) is 12.0. The van der Waals surface area contributed by atoms with E-state index in [1.807, 2.05) is 4.90 Å². The Morgan fingerprint density at radius 3 is 2.17 bits per heavy atom. The van der Waals surface area contributed by atoms with Crippen molar-refractivity contribution >= 4 is 36.6 Å². The molecule has 3 heterocycles. The van der Waals surface area contributed by atoms with Crippen molar-refractivity contribution < 1.29 is 9.59 Å². The molecule has 3 aliphatic heterocycles. The van der Waals surface area contributed by atoms with Gasteiger partial charge in [0.25, 0.3) is 0 Å². The average molecular weight is 466 g/mol. The molecule has 0 aromatic carbocycles. The molecule has 4 unspecified atom stereocenters. The zero-order chi connectivity index (χ0) is 20.1. The number of halogens is 2. The number of carbonyl (C=O) groups excluding carboxylic acids is 2. The Labute approximate surface area is 195 Å². The summed E-state index contributed by atoms with van der Waals surface area (Å²) < 4.78 is 0. The van der Waals surface area contributed by atoms with Gasteiger partial charge in [-0.15, -0.1) is 24.8 Å². The van der Waals surface area contributed by atoms with Crippen LogP contribution in [0.25, 0.3) is 0 Å². The Hall–Kier alpha value is -0.560. The quantitative estimate of drug-likeness (QED) is 0.678. The van der Waals surface area contributed by atoms with Crippen LogP contribution in [-0.4, -0.2) is 85.4 Å². The maximum absolute atomic E-state index is 12.7. The minimum absolute atomic E-state index is 0. The van der Waals surface area contributed by atoms with E-state index in [-0.39, 0.29) is 30.7 Å². The van der Waals surface area contributed by atoms with Crippen molar-refractivity contribution in [2.24, 2.45) is 23.7 Å². The molecule has 3 fully saturated rings. The summed E-state index contributed by atoms with van der Waals surface area (Å²) in [7, 11) is 0. The SMILES string of the molecule is CC1CC(C)CN(C(=O)CN2CCN(C(=O)CC(C)C3CCCNC3)CC2)C1.Cl.Cl. The van der Waals surface area contributed by atoms with Gasteiger partial charge in [0.2, 0.25) is 11.8 Å². The number of nitrogens with zero attached hydrogens (tertiary/aromatic N) is 3. The number of hydrogen-bond donors (Lipinski definition) is 1. The fourth-order valence-electron chi connectivity index (χ4n) is 5.25. The highest BCUT2D eigenvalue weighted by Gasteiger charge is 2.29. The summed E-state index contributed by atoms with van der Waals surface area (Å²) in [5.41, 5.74) is 0. The summed E-state index contributed by atoms with van der Waals surface area (Å²) in [6.07, 6.45) is 4.35. The summed E-state index contributed by atoms with van der Waals surface area (Å²) in [5.74, 6) is 2.83. The topological polar surface area (TPSA) is 55.9 Å². The van der Waals surface area contributed by atoms with Crippen LogP contribution in [0.15, 0.2) is 0 Å². The van der Waals surface area contributed by atoms with E-state index < -0.39 is 0 Å². The number of hydrogen-bond acceptors (Lipinski definition) is 4. The lowest BCUT2D eigenvalue weighted by molar-refractivity contribution is -0.137. The van der Waals surface area contributed by atoms with Crippen LogP contribution in [0.5, 0.6) is 0 Å². The van der Waals surface area contributed by atoms with Gasteiger partial charge in [-0.25, -0.2) is 0 Å². The molecule has 2 amide bonds. The second-order valence-electron chi connectivity index (χ2n) is 9.69. The van der Waals surface area contributed by atoms with Gasteiger partial charge in [0, 0.05) is 45.7 Å². The van der Waals surface area contributed by atoms with E-state index >= 15 is 0 Å². The molecule has 0 saturated carbocycles. The Morgan fingerprint density at radius 1 is 0.967 bits per heavy atom. The largest absolute Gasteiger partial charge is 0.341 e. The van der Waals surface area contributed by atoms with E-state index in [2.05, 4.69) is 35.9 Å². The standard InChI is InChI=1S/C22H40N4O2.2ClH/c1-17-11-18(2)15-26(14-17)22(28)16-24-7-9-25(10-8-24)21(27)12-19(3)20-5-4-6-23-13-20;;/h17-20,23H,4-16H2,1-3H3;2*1H. The van der Waals surface area contributed by atoms with Gasteiger partial charge in [-0.3, -0.25) is 14.5 Å². The first-order valence-electron chi connectivity index (χ1n) is 11.4. The van der Waals surface area contributed by atoms with Gasteiger partial charge in [-0.1, -0.05) is 20.8 Å². The van der Waals surface area contributed by atoms with Crippen LogP contribution in [0.1, 0.15) is 46.5 Å². The summed E-state index contributed by atoms with van der Waals surface area (Å²) in [6.45, 7) is 14.3. The van der Waals surface area contributed by atoms with E-state index in [4.69, 9.17) is 0 Å². The summed E-state index contributed by atoms with van der Waals surface area (Å²) in [4.78, 5) is 31.7. The van der Waals surface area contributed by atoms with Crippen LogP contribution >= 0.6 is 24.8 Å². The van der Waals surface area contributed by atoms with Gasteiger partial charge in [0.05, 0.1) is 6.54 Å². The van der Waals surface area contributed by atoms with Crippen molar-refractivity contribution in [2.45, 2.75) is 46.5 Å². The first kappa shape index (κ1) is 27.5. The molecule has 0 aromatic heterocycles. The molecule has 0 bridgehead atoms. The lowest BCUT2D eigenvalue weighted by Gasteiger charge is -2.39. The van der Waals surface area contributed by atoms with Gasteiger partial charge < -0.3 is 15.1 Å². The van der Waals surface area contributed by atoms with E-state index in [0.717, 1.165) is 52.4 Å². The average Bonchev–Trinajstić information content (AvgIpc) is 2.68. The molecule has 0 spiro atoms. The Bertz CT molecular complexity index is 527. The van der Waals surface area contributed by atoms with Crippen LogP contribution in [0, 0.1) is 23.7 Å². The number of likely N-dealkylation sites (tertiary alicyclic amines) is 1. The zero-order valence-corrected chi connectivity index (χ0v) is 20.6. The smallest absolute Gasteiger partial charge is 0.236 e. The minimum Gasteiger partial charge on any atom is -0.341 e. The molecule has 3 rings (SSSR count). The lowest BCUT2D eigenvalue weighted by Crippen LogP contribution is -2.53. The van der Waals surface area contributed by atoms with Crippen LogP contribution in [0.2, 0.25) is 0 Å². The van der Waals surface area contributed by atoms with Gasteiger partial charge in [-0.2, -0.15) is 0 Å². The molecular weight excluding hydrogens is 423 g/mol. The lowest BCUT2D eigenvalue weighted by atomic mass is 9.85. The molecule has 3 aliphatic rings. The highest BCUT2D eigenvalue weighted by atomic mass is 35.5. The summed E-state index contributed by atoms with van der Waals surface area (Å²) in [5, 5.41) is 3.46. The molecule has 6 nitrogen and oxygen atoms in total. The fourth-order valence-corrected chi connectivity index (χ4v) is 5.25. The molecule has 8 heteroatoms. The number of piperazine rings is 1. The molecule has 1 N–H and O–H groups in total. The van der Waals surface area contributed by atoms with E-state index in [1.54, 1.807) is 0 Å². The molecular formula is C22H42Cl2N4O2. The van der Waals surface area contributed by atoms with Crippen LogP contribution in [-0.2, 0) is 9.59 Å². The number of rotatable bonds is 5. The first-order valence-corrected chi connectivity index (χ1v) is 11.4. The van der Waals surface area contributed by atoms with Gasteiger partial charge in [0.15, 0.2) is 0 Å². The number of piperidine rings is 2. The van der Waals surface area contributed by atoms with Crippen molar-refractivity contribution in [2.75, 3.05) is 58.9 Å². The predicted molar refractivity (Wildman–Crippen MR) is 126 cm³/mol. The zero-order valence-electron chi connectivity index (χ0n) is 19.0. The second kappa shape index (κ2) is 13.1. The third-order valence-corrected chi connectivity index (χ3v) is 6.94. The van der Waals surface area contributed by atoms with Crippen LogP contribution < -0.4 is 5.32 Å². The van der Waals surface area contributed by atoms with E-state index in [1.165, 1.54) is 19.3 Å². The number of nitrogens with one attached hydrogen (secondary N) is 1.